The summed E-state index contributed by atoms with van der Waals surface area (Å²) in [4.78, 5) is 13.6. The Kier molecular flexibility index (Phi) is 4.73. The van der Waals surface area contributed by atoms with Gasteiger partial charge in [-0.1, -0.05) is 12.1 Å². The maximum absolute atomic E-state index is 13.6. The lowest BCUT2D eigenvalue weighted by atomic mass is 10.1. The van der Waals surface area contributed by atoms with Gasteiger partial charge in [0.15, 0.2) is 0 Å². The second-order valence-electron chi connectivity index (χ2n) is 5.84. The van der Waals surface area contributed by atoms with E-state index in [2.05, 4.69) is 5.43 Å². The van der Waals surface area contributed by atoms with Crippen molar-refractivity contribution >= 4 is 15.9 Å². The number of hydrogen-bond acceptors (Lipinski definition) is 4. The molecule has 0 bridgehead atoms. The van der Waals surface area contributed by atoms with Gasteiger partial charge < -0.3 is 4.74 Å². The molecule has 0 aromatic heterocycles. The Bertz CT molecular complexity index is 911. The van der Waals surface area contributed by atoms with E-state index in [1.165, 1.54) is 18.2 Å². The Balaban J connectivity index is 1.72. The number of hydrogen-bond donors (Lipinski definition) is 2. The zero-order valence-electron chi connectivity index (χ0n) is 13.5. The van der Waals surface area contributed by atoms with Crippen molar-refractivity contribution in [2.75, 3.05) is 0 Å². The topological polar surface area (TPSA) is 84.5 Å². The molecular formula is C17H17FN2O4S. The Morgan fingerprint density at radius 1 is 1.20 bits per heavy atom. The summed E-state index contributed by atoms with van der Waals surface area (Å²) in [7, 11) is -4.21. The van der Waals surface area contributed by atoms with Crippen LogP contribution in [0.5, 0.6) is 5.75 Å². The zero-order chi connectivity index (χ0) is 18.0. The van der Waals surface area contributed by atoms with Crippen molar-refractivity contribution in [1.82, 2.24) is 10.3 Å². The van der Waals surface area contributed by atoms with Gasteiger partial charge >= 0.3 is 0 Å². The molecular weight excluding hydrogens is 347 g/mol. The average molecular weight is 364 g/mol. The number of amides is 1. The molecule has 1 aliphatic carbocycles. The van der Waals surface area contributed by atoms with Crippen molar-refractivity contribution < 1.29 is 22.3 Å². The molecule has 1 amide bonds. The summed E-state index contributed by atoms with van der Waals surface area (Å²) in [6, 6.07) is 9.85. The van der Waals surface area contributed by atoms with Gasteiger partial charge in [-0.2, -0.15) is 0 Å². The highest BCUT2D eigenvalue weighted by atomic mass is 32.2. The fraction of sp³-hybridized carbons (Fsp3) is 0.235. The van der Waals surface area contributed by atoms with E-state index in [1.807, 2.05) is 4.83 Å². The normalized spacial score (nSPS) is 14.2. The summed E-state index contributed by atoms with van der Waals surface area (Å²) in [5, 5.41) is 0. The molecule has 25 heavy (non-hydrogen) atoms. The number of rotatable bonds is 6. The van der Waals surface area contributed by atoms with Crippen LogP contribution in [0.4, 0.5) is 4.39 Å². The molecule has 0 spiro atoms. The highest BCUT2D eigenvalue weighted by Gasteiger charge is 2.24. The van der Waals surface area contributed by atoms with Crippen molar-refractivity contribution in [2.45, 2.75) is 30.8 Å². The summed E-state index contributed by atoms with van der Waals surface area (Å²) in [6.07, 6.45) is 2.15. The van der Waals surface area contributed by atoms with Crippen molar-refractivity contribution in [3.05, 3.63) is 59.4 Å². The van der Waals surface area contributed by atoms with E-state index in [0.29, 0.717) is 5.75 Å². The average Bonchev–Trinajstić information content (AvgIpc) is 3.36. The molecule has 0 unspecified atom stereocenters. The van der Waals surface area contributed by atoms with Gasteiger partial charge in [-0.25, -0.2) is 12.8 Å². The van der Waals surface area contributed by atoms with Crippen LogP contribution >= 0.6 is 0 Å². The molecule has 0 saturated heterocycles. The third-order valence-corrected chi connectivity index (χ3v) is 4.85. The molecule has 0 heterocycles. The van der Waals surface area contributed by atoms with Crippen LogP contribution < -0.4 is 15.0 Å². The van der Waals surface area contributed by atoms with Crippen molar-refractivity contribution in [1.29, 1.82) is 0 Å². The quantitative estimate of drug-likeness (QED) is 0.771. The Morgan fingerprint density at radius 3 is 2.60 bits per heavy atom. The lowest BCUT2D eigenvalue weighted by Crippen LogP contribution is -2.41. The van der Waals surface area contributed by atoms with E-state index < -0.39 is 26.6 Å². The van der Waals surface area contributed by atoms with E-state index in [9.17, 15) is 17.6 Å². The van der Waals surface area contributed by atoms with Gasteiger partial charge in [0, 0.05) is 5.56 Å². The number of ether oxygens (including phenoxy) is 1. The SMILES string of the molecule is Cc1cc(OC2CC2)cc(C(=O)NNS(=O)(=O)c2ccccc2F)c1. The maximum Gasteiger partial charge on any atom is 0.266 e. The molecule has 6 nitrogen and oxygen atoms in total. The molecule has 0 radical (unpaired) electrons. The summed E-state index contributed by atoms with van der Waals surface area (Å²) >= 11 is 0. The second kappa shape index (κ2) is 6.81. The first-order chi connectivity index (χ1) is 11.8. The predicted molar refractivity (Wildman–Crippen MR) is 89.0 cm³/mol. The first-order valence-electron chi connectivity index (χ1n) is 7.70. The molecule has 2 aromatic carbocycles. The number of benzene rings is 2. The number of nitrogens with one attached hydrogen (secondary N) is 2. The summed E-state index contributed by atoms with van der Waals surface area (Å²) < 4.78 is 43.4. The standard InChI is InChI=1S/C17H17FN2O4S/c1-11-8-12(10-14(9-11)24-13-6-7-13)17(21)19-20-25(22,23)16-5-3-2-4-15(16)18/h2-5,8-10,13,20H,6-7H2,1H3,(H,19,21). The zero-order valence-corrected chi connectivity index (χ0v) is 14.3. The minimum atomic E-state index is -4.21. The number of carbonyl (C=O) groups is 1. The summed E-state index contributed by atoms with van der Waals surface area (Å²) in [5.74, 6) is -1.01. The molecule has 3 rings (SSSR count). The third-order valence-electron chi connectivity index (χ3n) is 3.57. The molecule has 1 fully saturated rings. The molecule has 1 aliphatic rings. The predicted octanol–water partition coefficient (Wildman–Crippen LogP) is 2.30. The smallest absolute Gasteiger partial charge is 0.266 e. The lowest BCUT2D eigenvalue weighted by Gasteiger charge is -2.11. The Morgan fingerprint density at radius 2 is 1.92 bits per heavy atom. The van der Waals surface area contributed by atoms with Gasteiger partial charge in [0.1, 0.15) is 16.5 Å². The van der Waals surface area contributed by atoms with Gasteiger partial charge in [-0.3, -0.25) is 10.2 Å². The number of sulfonamides is 1. The highest BCUT2D eigenvalue weighted by molar-refractivity contribution is 7.89. The minimum absolute atomic E-state index is 0.178. The second-order valence-corrected chi connectivity index (χ2v) is 7.49. The fourth-order valence-electron chi connectivity index (χ4n) is 2.23. The first-order valence-corrected chi connectivity index (χ1v) is 9.18. The van der Waals surface area contributed by atoms with E-state index >= 15 is 0 Å². The van der Waals surface area contributed by atoms with Gasteiger partial charge in [0.25, 0.3) is 15.9 Å². The monoisotopic (exact) mass is 364 g/mol. The van der Waals surface area contributed by atoms with Gasteiger partial charge in [0.05, 0.1) is 6.10 Å². The van der Waals surface area contributed by atoms with Gasteiger partial charge in [-0.05, 0) is 55.7 Å². The Hall–Kier alpha value is -2.45. The van der Waals surface area contributed by atoms with E-state index in [0.717, 1.165) is 30.5 Å². The summed E-state index contributed by atoms with van der Waals surface area (Å²) in [5.41, 5.74) is 3.14. The van der Waals surface area contributed by atoms with Crippen molar-refractivity contribution in [3.63, 3.8) is 0 Å². The van der Waals surface area contributed by atoms with E-state index in [4.69, 9.17) is 4.74 Å². The van der Waals surface area contributed by atoms with Crippen molar-refractivity contribution in [2.24, 2.45) is 0 Å². The molecule has 2 N–H and O–H groups in total. The molecule has 132 valence electrons. The van der Waals surface area contributed by atoms with Crippen LogP contribution in [-0.2, 0) is 10.0 Å². The van der Waals surface area contributed by atoms with Crippen LogP contribution in [0.1, 0.15) is 28.8 Å². The number of halogens is 1. The number of carbonyl (C=O) groups excluding carboxylic acids is 1. The van der Waals surface area contributed by atoms with Crippen LogP contribution in [0.15, 0.2) is 47.4 Å². The molecule has 2 aromatic rings. The molecule has 8 heteroatoms. The van der Waals surface area contributed by atoms with Crippen LogP contribution in [0, 0.1) is 12.7 Å². The third kappa shape index (κ3) is 4.34. The minimum Gasteiger partial charge on any atom is -0.490 e. The highest BCUT2D eigenvalue weighted by Crippen LogP contribution is 2.28. The lowest BCUT2D eigenvalue weighted by molar-refractivity contribution is 0.0944. The number of aryl methyl sites for hydroxylation is 1. The first kappa shape index (κ1) is 17.4. The van der Waals surface area contributed by atoms with E-state index in [1.54, 1.807) is 19.1 Å². The summed E-state index contributed by atoms with van der Waals surface area (Å²) in [6.45, 7) is 1.81. The molecule has 1 saturated carbocycles. The Labute approximate surface area is 145 Å². The molecule has 0 atom stereocenters. The van der Waals surface area contributed by atoms with Crippen LogP contribution in [0.3, 0.4) is 0 Å². The van der Waals surface area contributed by atoms with Crippen molar-refractivity contribution in [3.8, 4) is 5.75 Å². The van der Waals surface area contributed by atoms with Crippen LogP contribution in [0.2, 0.25) is 0 Å². The van der Waals surface area contributed by atoms with E-state index in [-0.39, 0.29) is 11.7 Å². The van der Waals surface area contributed by atoms with Gasteiger partial charge in [0.2, 0.25) is 0 Å². The van der Waals surface area contributed by atoms with Crippen LogP contribution in [0.25, 0.3) is 0 Å². The largest absolute Gasteiger partial charge is 0.490 e. The maximum atomic E-state index is 13.6. The van der Waals surface area contributed by atoms with Crippen LogP contribution in [-0.4, -0.2) is 20.4 Å². The number of hydrazine groups is 1. The fourth-order valence-corrected chi connectivity index (χ4v) is 3.15. The van der Waals surface area contributed by atoms with Gasteiger partial charge in [-0.15, -0.1) is 4.83 Å². The molecule has 0 aliphatic heterocycles.